The number of rotatable bonds is 8. The van der Waals surface area contributed by atoms with Gasteiger partial charge in [0, 0.05) is 23.5 Å². The highest BCUT2D eigenvalue weighted by Gasteiger charge is 2.32. The second-order valence-corrected chi connectivity index (χ2v) is 9.68. The number of aromatic nitrogens is 6. The summed E-state index contributed by atoms with van der Waals surface area (Å²) in [5, 5.41) is 22.1. The average molecular weight is 525 g/mol. The molecule has 0 unspecified atom stereocenters. The second kappa shape index (κ2) is 10.6. The number of hydrogen-bond acceptors (Lipinski definition) is 7. The molecule has 1 aliphatic rings. The molecule has 9 nitrogen and oxygen atoms in total. The quantitative estimate of drug-likeness (QED) is 0.278. The van der Waals surface area contributed by atoms with Crippen LogP contribution in [0, 0.1) is 17.7 Å². The summed E-state index contributed by atoms with van der Waals surface area (Å²) in [6.07, 6.45) is 7.68. The Morgan fingerprint density at radius 1 is 1.03 bits per heavy atom. The summed E-state index contributed by atoms with van der Waals surface area (Å²) in [6, 6.07) is 17.7. The van der Waals surface area contributed by atoms with Crippen molar-refractivity contribution in [3.05, 3.63) is 84.4 Å². The molecule has 39 heavy (non-hydrogen) atoms. The molecule has 0 radical (unpaired) electrons. The van der Waals surface area contributed by atoms with Gasteiger partial charge in [-0.3, -0.25) is 9.78 Å². The zero-order valence-corrected chi connectivity index (χ0v) is 20.9. The molecule has 196 valence electrons. The van der Waals surface area contributed by atoms with Crippen molar-refractivity contribution >= 4 is 5.97 Å². The molecule has 5 aromatic rings. The lowest BCUT2D eigenvalue weighted by atomic mass is 9.90. The van der Waals surface area contributed by atoms with Crippen LogP contribution < -0.4 is 0 Å². The van der Waals surface area contributed by atoms with Crippen molar-refractivity contribution in [2.75, 3.05) is 0 Å². The van der Waals surface area contributed by atoms with E-state index in [0.717, 1.165) is 43.2 Å². The van der Waals surface area contributed by atoms with Gasteiger partial charge in [-0.05, 0) is 61.4 Å². The number of pyridine rings is 1. The molecule has 3 heterocycles. The molecule has 0 spiro atoms. The van der Waals surface area contributed by atoms with Crippen LogP contribution in [0.3, 0.4) is 0 Å². The molecule has 0 amide bonds. The van der Waals surface area contributed by atoms with E-state index in [1.807, 2.05) is 24.3 Å². The van der Waals surface area contributed by atoms with Gasteiger partial charge in [-0.1, -0.05) is 53.2 Å². The molecule has 2 atom stereocenters. The van der Waals surface area contributed by atoms with E-state index in [9.17, 15) is 14.3 Å². The Hall–Kier alpha value is -4.73. The van der Waals surface area contributed by atoms with Crippen LogP contribution in [0.15, 0.2) is 77.6 Å². The number of benzene rings is 2. The molecule has 10 heteroatoms. The maximum absolute atomic E-state index is 14.7. The molecule has 0 bridgehead atoms. The first-order chi connectivity index (χ1) is 19.1. The number of aliphatic carboxylic acids is 1. The highest BCUT2D eigenvalue weighted by atomic mass is 19.1. The zero-order valence-electron chi connectivity index (χ0n) is 20.9. The van der Waals surface area contributed by atoms with Gasteiger partial charge in [0.05, 0.1) is 5.92 Å². The fourth-order valence-electron chi connectivity index (χ4n) is 5.30. The Kier molecular flexibility index (Phi) is 6.66. The number of carboxylic acids is 1. The number of carbonyl (C=O) groups is 1. The number of hydrogen-bond donors (Lipinski definition) is 1. The molecule has 1 N–H and O–H groups in total. The highest BCUT2D eigenvalue weighted by Crippen LogP contribution is 2.36. The van der Waals surface area contributed by atoms with E-state index in [-0.39, 0.29) is 23.4 Å². The summed E-state index contributed by atoms with van der Waals surface area (Å²) < 4.78 is 21.7. The molecular weight excluding hydrogens is 499 g/mol. The molecule has 6 rings (SSSR count). The minimum atomic E-state index is -0.679. The van der Waals surface area contributed by atoms with Crippen molar-refractivity contribution in [2.45, 2.75) is 32.1 Å². The van der Waals surface area contributed by atoms with Crippen molar-refractivity contribution in [3.8, 4) is 39.9 Å². The Bertz CT molecular complexity index is 1600. The van der Waals surface area contributed by atoms with E-state index in [1.165, 1.54) is 10.7 Å². The summed E-state index contributed by atoms with van der Waals surface area (Å²) in [4.78, 5) is 20.1. The van der Waals surface area contributed by atoms with Crippen LogP contribution in [0.5, 0.6) is 0 Å². The summed E-state index contributed by atoms with van der Waals surface area (Å²) in [5.74, 6) is -0.572. The van der Waals surface area contributed by atoms with Gasteiger partial charge < -0.3 is 9.63 Å². The lowest BCUT2D eigenvalue weighted by Gasteiger charge is -2.15. The van der Waals surface area contributed by atoms with Crippen LogP contribution in [0.4, 0.5) is 4.39 Å². The third-order valence-corrected chi connectivity index (χ3v) is 7.33. The van der Waals surface area contributed by atoms with E-state index >= 15 is 0 Å². The molecule has 1 saturated carbocycles. The topological polar surface area (TPSA) is 120 Å². The van der Waals surface area contributed by atoms with Gasteiger partial charge >= 0.3 is 5.97 Å². The predicted octanol–water partition coefficient (Wildman–Crippen LogP) is 5.62. The van der Waals surface area contributed by atoms with E-state index in [1.54, 1.807) is 42.7 Å². The number of para-hydroxylation sites is 1. The van der Waals surface area contributed by atoms with Crippen LogP contribution in [-0.2, 0) is 11.2 Å². The lowest BCUT2D eigenvalue weighted by Crippen LogP contribution is -2.18. The summed E-state index contributed by atoms with van der Waals surface area (Å²) in [5.41, 5.74) is 3.68. The summed E-state index contributed by atoms with van der Waals surface area (Å²) >= 11 is 0. The minimum absolute atomic E-state index is 0.157. The normalized spacial score (nSPS) is 16.9. The van der Waals surface area contributed by atoms with Gasteiger partial charge in [-0.2, -0.15) is 4.98 Å². The van der Waals surface area contributed by atoms with Crippen LogP contribution in [0.25, 0.3) is 39.9 Å². The van der Waals surface area contributed by atoms with Crippen molar-refractivity contribution in [1.29, 1.82) is 0 Å². The average Bonchev–Trinajstić information content (AvgIpc) is 3.73. The standard InChI is InChI=1S/C29H25FN6O3/c30-23-6-1-2-7-24(23)36-26(20-14-16-31-17-15-20)25(33-35-36)28-32-27(34-39-28)21-12-9-18(10-13-21)8-11-19-4-3-5-22(19)29(37)38/h1-2,6-7,9-10,12-17,19,22H,3-5,8,11H2,(H,37,38)/t19-,22-/m0/s1. The first-order valence-electron chi connectivity index (χ1n) is 12.9. The van der Waals surface area contributed by atoms with E-state index in [4.69, 9.17) is 4.52 Å². The molecule has 1 fully saturated rings. The second-order valence-electron chi connectivity index (χ2n) is 9.68. The molecule has 0 aliphatic heterocycles. The number of nitrogens with zero attached hydrogens (tertiary/aromatic N) is 6. The number of carboxylic acid groups (broad SMARTS) is 1. The fraction of sp³-hybridized carbons (Fsp3) is 0.241. The van der Waals surface area contributed by atoms with E-state index in [0.29, 0.717) is 22.8 Å². The Morgan fingerprint density at radius 2 is 1.82 bits per heavy atom. The van der Waals surface area contributed by atoms with Crippen molar-refractivity contribution in [1.82, 2.24) is 30.1 Å². The molecule has 2 aromatic carbocycles. The molecule has 0 saturated heterocycles. The Morgan fingerprint density at radius 3 is 2.59 bits per heavy atom. The smallest absolute Gasteiger partial charge is 0.306 e. The molecular formula is C29H25FN6O3. The van der Waals surface area contributed by atoms with Gasteiger partial charge in [-0.25, -0.2) is 9.07 Å². The highest BCUT2D eigenvalue weighted by molar-refractivity contribution is 5.76. The van der Waals surface area contributed by atoms with Gasteiger partial charge in [-0.15, -0.1) is 5.10 Å². The Balaban J connectivity index is 1.26. The van der Waals surface area contributed by atoms with Gasteiger partial charge in [0.15, 0.2) is 5.69 Å². The van der Waals surface area contributed by atoms with Crippen molar-refractivity contribution in [2.24, 2.45) is 11.8 Å². The van der Waals surface area contributed by atoms with Crippen molar-refractivity contribution < 1.29 is 18.8 Å². The van der Waals surface area contributed by atoms with E-state index < -0.39 is 11.8 Å². The van der Waals surface area contributed by atoms with Gasteiger partial charge in [0.25, 0.3) is 5.89 Å². The number of halogens is 1. The van der Waals surface area contributed by atoms with E-state index in [2.05, 4.69) is 25.4 Å². The monoisotopic (exact) mass is 524 g/mol. The summed E-state index contributed by atoms with van der Waals surface area (Å²) in [6.45, 7) is 0. The first-order valence-corrected chi connectivity index (χ1v) is 12.9. The van der Waals surface area contributed by atoms with Crippen LogP contribution in [-0.4, -0.2) is 41.2 Å². The van der Waals surface area contributed by atoms with Crippen molar-refractivity contribution in [3.63, 3.8) is 0 Å². The fourth-order valence-corrected chi connectivity index (χ4v) is 5.30. The third kappa shape index (κ3) is 4.93. The maximum Gasteiger partial charge on any atom is 0.306 e. The maximum atomic E-state index is 14.7. The van der Waals surface area contributed by atoms with Gasteiger partial charge in [0.2, 0.25) is 5.82 Å². The largest absolute Gasteiger partial charge is 0.481 e. The minimum Gasteiger partial charge on any atom is -0.481 e. The molecule has 3 aromatic heterocycles. The van der Waals surface area contributed by atoms with Crippen LogP contribution in [0.1, 0.15) is 31.2 Å². The number of aryl methyl sites for hydroxylation is 1. The third-order valence-electron chi connectivity index (χ3n) is 7.33. The lowest BCUT2D eigenvalue weighted by molar-refractivity contribution is -0.143. The Labute approximate surface area is 223 Å². The summed E-state index contributed by atoms with van der Waals surface area (Å²) in [7, 11) is 0. The first kappa shape index (κ1) is 24.6. The zero-order chi connectivity index (χ0) is 26.8. The van der Waals surface area contributed by atoms with Crippen LogP contribution in [0.2, 0.25) is 0 Å². The molecule has 1 aliphatic carbocycles. The van der Waals surface area contributed by atoms with Crippen LogP contribution >= 0.6 is 0 Å². The van der Waals surface area contributed by atoms with Gasteiger partial charge in [0.1, 0.15) is 17.2 Å². The predicted molar refractivity (Wildman–Crippen MR) is 140 cm³/mol. The SMILES string of the molecule is O=C(O)[C@H]1CCC[C@H]1CCc1ccc(-c2noc(-c3nnn(-c4ccccc4F)c3-c3ccncc3)n2)cc1.